The largest absolute Gasteiger partial charge is 0.485 e. The van der Waals surface area contributed by atoms with Crippen molar-refractivity contribution in [1.29, 1.82) is 0 Å². The van der Waals surface area contributed by atoms with Crippen LogP contribution in [0.2, 0.25) is 0 Å². The lowest BCUT2D eigenvalue weighted by Crippen LogP contribution is -2.38. The monoisotopic (exact) mass is 211 g/mol. The van der Waals surface area contributed by atoms with Gasteiger partial charge in [0.15, 0.2) is 0 Å². The molecule has 1 aliphatic rings. The molecule has 3 nitrogen and oxygen atoms in total. The highest BCUT2D eigenvalue weighted by Gasteiger charge is 2.22. The predicted molar refractivity (Wildman–Crippen MR) is 54.2 cm³/mol. The van der Waals surface area contributed by atoms with Crippen LogP contribution in [-0.4, -0.2) is 19.3 Å². The molecular formula is C11H14FNO2. The van der Waals surface area contributed by atoms with Crippen molar-refractivity contribution < 1.29 is 13.9 Å². The maximum atomic E-state index is 13.0. The Kier molecular flexibility index (Phi) is 2.88. The zero-order valence-corrected chi connectivity index (χ0v) is 8.57. The first-order valence-corrected chi connectivity index (χ1v) is 4.96. The van der Waals surface area contributed by atoms with Gasteiger partial charge in [-0.25, -0.2) is 4.39 Å². The minimum Gasteiger partial charge on any atom is -0.485 e. The van der Waals surface area contributed by atoms with Gasteiger partial charge in [0, 0.05) is 11.6 Å². The number of ether oxygens (including phenoxy) is 2. The van der Waals surface area contributed by atoms with E-state index >= 15 is 0 Å². The molecular weight excluding hydrogens is 197 g/mol. The van der Waals surface area contributed by atoms with Crippen LogP contribution in [0.4, 0.5) is 4.39 Å². The Morgan fingerprint density at radius 2 is 2.27 bits per heavy atom. The zero-order chi connectivity index (χ0) is 10.8. The van der Waals surface area contributed by atoms with Crippen LogP contribution >= 0.6 is 0 Å². The number of halogens is 1. The van der Waals surface area contributed by atoms with Gasteiger partial charge < -0.3 is 15.2 Å². The highest BCUT2D eigenvalue weighted by atomic mass is 19.1. The lowest BCUT2D eigenvalue weighted by Gasteiger charge is -2.28. The van der Waals surface area contributed by atoms with E-state index in [4.69, 9.17) is 15.2 Å². The van der Waals surface area contributed by atoms with E-state index in [0.29, 0.717) is 24.5 Å². The molecule has 0 unspecified atom stereocenters. The predicted octanol–water partition coefficient (Wildman–Crippen LogP) is 1.62. The van der Waals surface area contributed by atoms with Crippen molar-refractivity contribution in [3.63, 3.8) is 0 Å². The molecule has 1 fully saturated rings. The number of hydrogen-bond acceptors (Lipinski definition) is 3. The zero-order valence-electron chi connectivity index (χ0n) is 8.57. The summed E-state index contributed by atoms with van der Waals surface area (Å²) in [5.41, 5.74) is 6.44. The van der Waals surface area contributed by atoms with Crippen molar-refractivity contribution in [1.82, 2.24) is 0 Å². The fourth-order valence-corrected chi connectivity index (χ4v) is 1.44. The number of hydrogen-bond donors (Lipinski definition) is 1. The summed E-state index contributed by atoms with van der Waals surface area (Å²) in [6.07, 6.45) is 0.0768. The minimum atomic E-state index is -0.292. The van der Waals surface area contributed by atoms with Crippen LogP contribution in [0.15, 0.2) is 18.2 Å². The maximum Gasteiger partial charge on any atom is 0.145 e. The van der Waals surface area contributed by atoms with Crippen molar-refractivity contribution in [2.45, 2.75) is 19.1 Å². The number of nitrogens with two attached hydrogens (primary N) is 1. The summed E-state index contributed by atoms with van der Waals surface area (Å²) < 4.78 is 23.6. The molecule has 1 aliphatic heterocycles. The van der Waals surface area contributed by atoms with Crippen molar-refractivity contribution in [3.8, 4) is 5.75 Å². The summed E-state index contributed by atoms with van der Waals surface area (Å²) in [6, 6.07) is 4.17. The van der Waals surface area contributed by atoms with Gasteiger partial charge in [0.2, 0.25) is 0 Å². The number of rotatable bonds is 3. The minimum absolute atomic E-state index is 0.0768. The van der Waals surface area contributed by atoms with E-state index in [1.54, 1.807) is 13.0 Å². The van der Waals surface area contributed by atoms with Crippen molar-refractivity contribution in [2.24, 2.45) is 5.73 Å². The van der Waals surface area contributed by atoms with Crippen LogP contribution in [0, 0.1) is 5.82 Å². The van der Waals surface area contributed by atoms with E-state index in [0.717, 1.165) is 0 Å². The molecule has 1 saturated heterocycles. The second-order valence-electron chi connectivity index (χ2n) is 3.75. The van der Waals surface area contributed by atoms with E-state index in [9.17, 15) is 4.39 Å². The molecule has 1 heterocycles. The van der Waals surface area contributed by atoms with Crippen molar-refractivity contribution in [2.75, 3.05) is 13.2 Å². The molecule has 0 aromatic heterocycles. The SMILES string of the molecule is C[C@H](N)c1cc(F)ccc1OC1COC1. The average Bonchev–Trinajstić information content (AvgIpc) is 2.12. The summed E-state index contributed by atoms with van der Waals surface area (Å²) >= 11 is 0. The normalized spacial score (nSPS) is 18.3. The molecule has 0 bridgehead atoms. The Morgan fingerprint density at radius 3 is 2.80 bits per heavy atom. The van der Waals surface area contributed by atoms with E-state index in [1.807, 2.05) is 0 Å². The molecule has 0 saturated carbocycles. The molecule has 4 heteroatoms. The van der Waals surface area contributed by atoms with Crippen LogP contribution in [0.5, 0.6) is 5.75 Å². The molecule has 0 aliphatic carbocycles. The molecule has 1 atom stereocenters. The van der Waals surface area contributed by atoms with Gasteiger partial charge in [0.25, 0.3) is 0 Å². The van der Waals surface area contributed by atoms with E-state index in [-0.39, 0.29) is 18.0 Å². The Labute approximate surface area is 88.0 Å². The molecule has 82 valence electrons. The van der Waals surface area contributed by atoms with Gasteiger partial charge in [-0.3, -0.25) is 0 Å². The van der Waals surface area contributed by atoms with Gasteiger partial charge in [-0.15, -0.1) is 0 Å². The molecule has 0 spiro atoms. The van der Waals surface area contributed by atoms with E-state index < -0.39 is 0 Å². The van der Waals surface area contributed by atoms with Gasteiger partial charge in [-0.2, -0.15) is 0 Å². The van der Waals surface area contributed by atoms with Crippen LogP contribution in [0.1, 0.15) is 18.5 Å². The summed E-state index contributed by atoms with van der Waals surface area (Å²) in [4.78, 5) is 0. The third-order valence-corrected chi connectivity index (χ3v) is 2.36. The fraction of sp³-hybridized carbons (Fsp3) is 0.455. The quantitative estimate of drug-likeness (QED) is 0.826. The maximum absolute atomic E-state index is 13.0. The van der Waals surface area contributed by atoms with Crippen molar-refractivity contribution >= 4 is 0 Å². The van der Waals surface area contributed by atoms with Crippen LogP contribution < -0.4 is 10.5 Å². The van der Waals surface area contributed by atoms with Gasteiger partial charge in [-0.05, 0) is 25.1 Å². The molecule has 15 heavy (non-hydrogen) atoms. The lowest BCUT2D eigenvalue weighted by molar-refractivity contribution is -0.0800. The third-order valence-electron chi connectivity index (χ3n) is 2.36. The molecule has 2 N–H and O–H groups in total. The summed E-state index contributed by atoms with van der Waals surface area (Å²) in [6.45, 7) is 2.99. The fourth-order valence-electron chi connectivity index (χ4n) is 1.44. The van der Waals surface area contributed by atoms with Crippen LogP contribution in [-0.2, 0) is 4.74 Å². The highest BCUT2D eigenvalue weighted by Crippen LogP contribution is 2.26. The molecule has 2 rings (SSSR count). The van der Waals surface area contributed by atoms with Gasteiger partial charge in [0.1, 0.15) is 17.7 Å². The first kappa shape index (κ1) is 10.4. The van der Waals surface area contributed by atoms with E-state index in [2.05, 4.69) is 0 Å². The second-order valence-corrected chi connectivity index (χ2v) is 3.75. The summed E-state index contributed by atoms with van der Waals surface area (Å²) in [5, 5.41) is 0. The highest BCUT2D eigenvalue weighted by molar-refractivity contribution is 5.36. The van der Waals surface area contributed by atoms with Crippen molar-refractivity contribution in [3.05, 3.63) is 29.6 Å². The van der Waals surface area contributed by atoms with Crippen LogP contribution in [0.3, 0.4) is 0 Å². The first-order valence-electron chi connectivity index (χ1n) is 4.96. The topological polar surface area (TPSA) is 44.5 Å². The second kappa shape index (κ2) is 4.16. The van der Waals surface area contributed by atoms with E-state index in [1.165, 1.54) is 12.1 Å². The van der Waals surface area contributed by atoms with Gasteiger partial charge in [0.05, 0.1) is 13.2 Å². The van der Waals surface area contributed by atoms with Crippen LogP contribution in [0.25, 0.3) is 0 Å². The molecule has 0 radical (unpaired) electrons. The molecule has 0 amide bonds. The molecule has 1 aromatic rings. The Bertz CT molecular complexity index is 350. The standard InChI is InChI=1S/C11H14FNO2/c1-7(13)10-4-8(12)2-3-11(10)15-9-5-14-6-9/h2-4,7,9H,5-6,13H2,1H3/t7-/m0/s1. The summed E-state index contributed by atoms with van der Waals surface area (Å²) in [7, 11) is 0. The molecule has 1 aromatic carbocycles. The Hall–Kier alpha value is -1.13. The summed E-state index contributed by atoms with van der Waals surface area (Å²) in [5.74, 6) is 0.360. The lowest BCUT2D eigenvalue weighted by atomic mass is 10.1. The smallest absolute Gasteiger partial charge is 0.145 e. The Balaban J connectivity index is 2.20. The van der Waals surface area contributed by atoms with Gasteiger partial charge in [-0.1, -0.05) is 0 Å². The average molecular weight is 211 g/mol. The number of benzene rings is 1. The van der Waals surface area contributed by atoms with Gasteiger partial charge >= 0.3 is 0 Å². The first-order chi connectivity index (χ1) is 7.16. The Morgan fingerprint density at radius 1 is 1.53 bits per heavy atom. The third kappa shape index (κ3) is 2.27.